The van der Waals surface area contributed by atoms with E-state index in [2.05, 4.69) is 99.6 Å². The fourth-order valence-corrected chi connectivity index (χ4v) is 7.71. The van der Waals surface area contributed by atoms with Crippen molar-refractivity contribution >= 4 is 46.1 Å². The van der Waals surface area contributed by atoms with Gasteiger partial charge in [0.15, 0.2) is 0 Å². The monoisotopic (exact) mass is 1280 g/mol. The summed E-state index contributed by atoms with van der Waals surface area (Å²) in [4.78, 5) is 36.7. The summed E-state index contributed by atoms with van der Waals surface area (Å²) in [7, 11) is 2.05. The summed E-state index contributed by atoms with van der Waals surface area (Å²) < 4.78 is 11.0. The molecule has 8 aromatic rings. The summed E-state index contributed by atoms with van der Waals surface area (Å²) in [6, 6.07) is 72.7. The van der Waals surface area contributed by atoms with E-state index in [9.17, 15) is 9.59 Å². The maximum Gasteiger partial charge on any atom is 0.343 e. The van der Waals surface area contributed by atoms with Crippen molar-refractivity contribution < 1.29 is 59.3 Å². The molecule has 0 amide bonds. The SMILES string of the molecule is CC(C)(c1ccc(OC(=O)c2ccccc2)cc1)c1ccc(OC(=O)c2ccccc2)cc1.[C-]#[N+]c1c[c-]c(N2[CH-]N(C)CC2)cc1.[Ir].[Ir].[c-]1ccccc1N1CN(c2[c-]cccc2)c2ccccc21. The zero-order valence-corrected chi connectivity index (χ0v) is 43.6. The van der Waals surface area contributed by atoms with Crippen LogP contribution >= 0.6 is 0 Å². The van der Waals surface area contributed by atoms with E-state index in [1.165, 1.54) is 11.4 Å². The number of carbonyl (C=O) groups excluding carboxylic acids is 2. The largest absolute Gasteiger partial charge is 0.528 e. The van der Waals surface area contributed by atoms with Crippen LogP contribution in [-0.2, 0) is 45.6 Å². The molecule has 2 aliphatic heterocycles. The average Bonchev–Trinajstić information content (AvgIpc) is 4.02. The van der Waals surface area contributed by atoms with E-state index < -0.39 is 0 Å². The second-order valence-electron chi connectivity index (χ2n) is 16.5. The van der Waals surface area contributed by atoms with E-state index >= 15 is 0 Å². The Labute approximate surface area is 438 Å². The van der Waals surface area contributed by atoms with Gasteiger partial charge in [-0.05, 0) is 91.9 Å². The fourth-order valence-electron chi connectivity index (χ4n) is 7.71. The number of para-hydroxylation sites is 4. The summed E-state index contributed by atoms with van der Waals surface area (Å²) in [5, 5.41) is 0. The van der Waals surface area contributed by atoms with E-state index in [0.29, 0.717) is 28.3 Å². The van der Waals surface area contributed by atoms with Crippen LogP contribution in [0.2, 0.25) is 0 Å². The van der Waals surface area contributed by atoms with Crippen LogP contribution in [0.15, 0.2) is 200 Å². The summed E-state index contributed by atoms with van der Waals surface area (Å²) >= 11 is 0. The molecule has 0 bridgehead atoms. The molecule has 356 valence electrons. The van der Waals surface area contributed by atoms with Gasteiger partial charge in [-0.15, -0.1) is 23.9 Å². The Kier molecular flexibility index (Phi) is 18.6. The van der Waals surface area contributed by atoms with Crippen molar-refractivity contribution in [3.8, 4) is 11.5 Å². The van der Waals surface area contributed by atoms with E-state index in [-0.39, 0.29) is 57.6 Å². The molecule has 1 fully saturated rings. The first kappa shape index (κ1) is 52.2. The topological polar surface area (TPSA) is 69.9 Å². The summed E-state index contributed by atoms with van der Waals surface area (Å²) in [5.41, 5.74) is 9.10. The number of hydrogen-bond donors (Lipinski definition) is 0. The third-order valence-corrected chi connectivity index (χ3v) is 11.6. The normalized spacial score (nSPS) is 12.6. The Balaban J connectivity index is 0.000000185. The molecule has 2 heterocycles. The van der Waals surface area contributed by atoms with Gasteiger partial charge >= 0.3 is 11.9 Å². The van der Waals surface area contributed by atoms with Crippen LogP contribution in [0.4, 0.5) is 34.1 Å². The summed E-state index contributed by atoms with van der Waals surface area (Å²) in [6.45, 7) is 15.9. The molecule has 2 radical (unpaired) electrons. The number of esters is 2. The summed E-state index contributed by atoms with van der Waals surface area (Å²) in [5.74, 6) is 0.213. The zero-order chi connectivity index (χ0) is 47.3. The number of anilines is 5. The van der Waals surface area contributed by atoms with Crippen LogP contribution in [0, 0.1) is 31.4 Å². The number of rotatable bonds is 9. The fraction of sp³-hybridized carbons (Fsp3) is 0.119. The van der Waals surface area contributed by atoms with Gasteiger partial charge in [-0.25, -0.2) is 14.4 Å². The quantitative estimate of drug-likeness (QED) is 0.0804. The van der Waals surface area contributed by atoms with Crippen LogP contribution in [0.5, 0.6) is 11.5 Å². The Morgan fingerprint density at radius 1 is 0.557 bits per heavy atom. The maximum atomic E-state index is 12.3. The van der Waals surface area contributed by atoms with Crippen LogP contribution in [0.3, 0.4) is 0 Å². The van der Waals surface area contributed by atoms with Gasteiger partial charge in [0.25, 0.3) is 0 Å². The van der Waals surface area contributed by atoms with Gasteiger partial charge < -0.3 is 29.1 Å². The molecule has 0 unspecified atom stereocenters. The van der Waals surface area contributed by atoms with E-state index in [1.807, 2.05) is 92.0 Å². The van der Waals surface area contributed by atoms with E-state index in [0.717, 1.165) is 47.9 Å². The molecule has 0 saturated carbocycles. The minimum Gasteiger partial charge on any atom is -0.528 e. The smallest absolute Gasteiger partial charge is 0.343 e. The Morgan fingerprint density at radius 2 is 1.01 bits per heavy atom. The van der Waals surface area contributed by atoms with Gasteiger partial charge in [0.05, 0.1) is 29.2 Å². The summed E-state index contributed by atoms with van der Waals surface area (Å²) in [6.07, 6.45) is 0. The van der Waals surface area contributed by atoms with Gasteiger partial charge in [0, 0.05) is 45.6 Å². The molecule has 11 heteroatoms. The predicted octanol–water partition coefficient (Wildman–Crippen LogP) is 12.9. The zero-order valence-electron chi connectivity index (χ0n) is 38.8. The first-order valence-corrected chi connectivity index (χ1v) is 22.2. The first-order chi connectivity index (χ1) is 33.2. The molecule has 0 aromatic heterocycles. The average molecular weight is 1280 g/mol. The van der Waals surface area contributed by atoms with Crippen LogP contribution in [-0.4, -0.2) is 43.6 Å². The van der Waals surface area contributed by atoms with E-state index in [1.54, 1.807) is 78.9 Å². The van der Waals surface area contributed by atoms with Crippen LogP contribution < -0.4 is 24.2 Å². The van der Waals surface area contributed by atoms with Crippen LogP contribution in [0.1, 0.15) is 45.7 Å². The number of likely N-dealkylation sites (N-methyl/N-ethyl adjacent to an activating group) is 1. The van der Waals surface area contributed by atoms with Crippen molar-refractivity contribution in [2.24, 2.45) is 0 Å². The number of fused-ring (bicyclic) bond motifs is 1. The Morgan fingerprint density at radius 3 is 1.40 bits per heavy atom. The molecule has 10 rings (SSSR count). The van der Waals surface area contributed by atoms with Crippen molar-refractivity contribution in [1.29, 1.82) is 0 Å². The van der Waals surface area contributed by atoms with Gasteiger partial charge in [0.1, 0.15) is 18.1 Å². The molecule has 1 saturated heterocycles. The molecule has 9 nitrogen and oxygen atoms in total. The number of hydrogen-bond acceptors (Lipinski definition) is 8. The number of nitrogens with zero attached hydrogens (tertiary/aromatic N) is 5. The van der Waals surface area contributed by atoms with E-state index in [4.69, 9.17) is 16.0 Å². The number of ether oxygens (including phenoxy) is 2. The molecule has 8 aromatic carbocycles. The molecule has 0 atom stereocenters. The maximum absolute atomic E-state index is 12.3. The van der Waals surface area contributed by atoms with Crippen molar-refractivity contribution in [3.05, 3.63) is 259 Å². The standard InChI is InChI=1S/C29H24O4.C19H14N2.C11H11N3.2Ir/c1-29(2,23-13-17-25(18-14-23)32-27(30)21-9-5-3-6-10-21)24-15-19-26(20-16-24)33-28(31)22-11-7-4-8-12-22;1-3-9-16(10-4-1)20-15-21(17-11-5-2-6-12-17)19-14-8-7-13-18(19)20;1-12-10-3-5-11(6-4-10)14-8-7-13(2)9-14;;/h3-20H,1-2H3;1-9,11,13-14H,15H2;3-5,9H,7-8H2,2H3;;/q;2*-2;;. The molecule has 0 aliphatic carbocycles. The third-order valence-electron chi connectivity index (χ3n) is 11.6. The minimum absolute atomic E-state index is 0. The number of carbonyl (C=O) groups is 2. The predicted molar refractivity (Wildman–Crippen MR) is 270 cm³/mol. The third kappa shape index (κ3) is 13.1. The molecule has 0 N–H and O–H groups in total. The molecule has 70 heavy (non-hydrogen) atoms. The second kappa shape index (κ2) is 24.9. The van der Waals surface area contributed by atoms with Gasteiger partial charge in [-0.3, -0.25) is 0 Å². The van der Waals surface area contributed by atoms with Gasteiger partial charge in [0.2, 0.25) is 5.69 Å². The molecular formula is C59H49Ir2N5O4-4. The number of benzene rings is 8. The van der Waals surface area contributed by atoms with Crippen molar-refractivity contribution in [3.63, 3.8) is 0 Å². The Bertz CT molecular complexity index is 2780. The molecule has 2 aliphatic rings. The van der Waals surface area contributed by atoms with Crippen LogP contribution in [0.25, 0.3) is 4.85 Å². The Hall–Kier alpha value is -7.15. The van der Waals surface area contributed by atoms with Crippen molar-refractivity contribution in [2.45, 2.75) is 19.3 Å². The molecule has 0 spiro atoms. The van der Waals surface area contributed by atoms with Gasteiger partial charge in [-0.2, -0.15) is 61.3 Å². The second-order valence-corrected chi connectivity index (χ2v) is 16.5. The van der Waals surface area contributed by atoms with Crippen molar-refractivity contribution in [1.82, 2.24) is 4.90 Å². The molecular weight excluding hydrogens is 1230 g/mol. The van der Waals surface area contributed by atoms with Crippen molar-refractivity contribution in [2.75, 3.05) is 41.5 Å². The van der Waals surface area contributed by atoms with Gasteiger partial charge in [-0.1, -0.05) is 110 Å². The minimum atomic E-state index is -0.386. The first-order valence-electron chi connectivity index (χ1n) is 22.2.